The summed E-state index contributed by atoms with van der Waals surface area (Å²) >= 11 is 0. The van der Waals surface area contributed by atoms with Gasteiger partial charge in [0.1, 0.15) is 16.7 Å². The molecule has 1 rings (SSSR count). The smallest absolute Gasteiger partial charge is 0.281 e. The summed E-state index contributed by atoms with van der Waals surface area (Å²) in [5, 5.41) is 13.2. The Morgan fingerprint density at radius 3 is 2.44 bits per heavy atom. The zero-order chi connectivity index (χ0) is 12.5. The Kier molecular flexibility index (Phi) is 3.06. The SMILES string of the molecule is N#Cc1nc(C(F)F)c(S(N)(=O)=O)cc1N. The van der Waals surface area contributed by atoms with E-state index in [2.05, 4.69) is 4.98 Å². The van der Waals surface area contributed by atoms with E-state index in [4.69, 9.17) is 16.1 Å². The molecule has 0 bridgehead atoms. The molecule has 0 fully saturated rings. The van der Waals surface area contributed by atoms with Gasteiger partial charge in [-0.25, -0.2) is 27.3 Å². The van der Waals surface area contributed by atoms with Crippen LogP contribution >= 0.6 is 0 Å². The number of anilines is 1. The number of halogens is 2. The predicted octanol–water partition coefficient (Wildman–Crippen LogP) is 0.120. The van der Waals surface area contributed by atoms with E-state index in [9.17, 15) is 17.2 Å². The number of hydrogen-bond acceptors (Lipinski definition) is 5. The second-order valence-corrected chi connectivity index (χ2v) is 4.30. The summed E-state index contributed by atoms with van der Waals surface area (Å²) in [5.41, 5.74) is 3.38. The summed E-state index contributed by atoms with van der Waals surface area (Å²) in [6, 6.07) is 2.16. The van der Waals surface area contributed by atoms with Crippen LogP contribution in [0.5, 0.6) is 0 Å². The van der Waals surface area contributed by atoms with Gasteiger partial charge in [0.2, 0.25) is 10.0 Å². The highest BCUT2D eigenvalue weighted by Gasteiger charge is 2.24. The van der Waals surface area contributed by atoms with Crippen LogP contribution in [-0.4, -0.2) is 13.4 Å². The first-order valence-electron chi connectivity index (χ1n) is 3.79. The third kappa shape index (κ3) is 2.23. The molecule has 0 amide bonds. The van der Waals surface area contributed by atoms with Crippen LogP contribution in [0.3, 0.4) is 0 Å². The summed E-state index contributed by atoms with van der Waals surface area (Å²) in [7, 11) is -4.36. The minimum absolute atomic E-state index is 0.323. The van der Waals surface area contributed by atoms with Crippen LogP contribution in [0.2, 0.25) is 0 Å². The molecule has 0 aliphatic rings. The van der Waals surface area contributed by atoms with Gasteiger partial charge in [0.15, 0.2) is 5.69 Å². The molecule has 0 atom stereocenters. The maximum absolute atomic E-state index is 12.5. The Morgan fingerprint density at radius 1 is 1.50 bits per heavy atom. The molecule has 0 saturated carbocycles. The van der Waals surface area contributed by atoms with E-state index in [1.54, 1.807) is 0 Å². The fourth-order valence-electron chi connectivity index (χ4n) is 0.997. The largest absolute Gasteiger partial charge is 0.396 e. The number of aromatic nitrogens is 1. The van der Waals surface area contributed by atoms with Crippen LogP contribution in [0.4, 0.5) is 14.5 Å². The molecular formula is C7H6F2N4O2S. The number of nitrogens with zero attached hydrogens (tertiary/aromatic N) is 2. The fourth-order valence-corrected chi connectivity index (χ4v) is 1.71. The van der Waals surface area contributed by atoms with E-state index in [0.29, 0.717) is 6.07 Å². The average Bonchev–Trinajstić information content (AvgIpc) is 2.15. The molecule has 0 aromatic carbocycles. The van der Waals surface area contributed by atoms with Crippen molar-refractivity contribution in [2.75, 3.05) is 5.73 Å². The van der Waals surface area contributed by atoms with Gasteiger partial charge < -0.3 is 5.73 Å². The van der Waals surface area contributed by atoms with Crippen molar-refractivity contribution in [3.63, 3.8) is 0 Å². The van der Waals surface area contributed by atoms with Crippen molar-refractivity contribution in [2.45, 2.75) is 11.3 Å². The molecular weight excluding hydrogens is 242 g/mol. The van der Waals surface area contributed by atoms with Gasteiger partial charge in [-0.15, -0.1) is 0 Å². The Labute approximate surface area is 89.5 Å². The first kappa shape index (κ1) is 12.3. The second-order valence-electron chi connectivity index (χ2n) is 2.77. The van der Waals surface area contributed by atoms with Gasteiger partial charge in [0, 0.05) is 0 Å². The molecule has 6 nitrogen and oxygen atoms in total. The molecule has 0 aliphatic heterocycles. The van der Waals surface area contributed by atoms with Crippen molar-refractivity contribution in [1.29, 1.82) is 5.26 Å². The molecule has 1 aromatic heterocycles. The fraction of sp³-hybridized carbons (Fsp3) is 0.143. The third-order valence-corrected chi connectivity index (χ3v) is 2.60. The number of alkyl halides is 2. The normalized spacial score (nSPS) is 11.4. The third-order valence-electron chi connectivity index (χ3n) is 1.66. The van der Waals surface area contributed by atoms with Crippen LogP contribution in [0.1, 0.15) is 17.8 Å². The van der Waals surface area contributed by atoms with E-state index < -0.39 is 32.7 Å². The Morgan fingerprint density at radius 2 is 2.06 bits per heavy atom. The van der Waals surface area contributed by atoms with E-state index in [1.165, 1.54) is 6.07 Å². The topological polar surface area (TPSA) is 123 Å². The van der Waals surface area contributed by atoms with Crippen molar-refractivity contribution >= 4 is 15.7 Å². The minimum atomic E-state index is -4.36. The first-order valence-corrected chi connectivity index (χ1v) is 5.33. The number of sulfonamides is 1. The van der Waals surface area contributed by atoms with Gasteiger partial charge in [0.05, 0.1) is 5.69 Å². The lowest BCUT2D eigenvalue weighted by Gasteiger charge is -2.07. The number of pyridine rings is 1. The molecule has 0 spiro atoms. The molecule has 4 N–H and O–H groups in total. The van der Waals surface area contributed by atoms with E-state index in [0.717, 1.165) is 0 Å². The van der Waals surface area contributed by atoms with Crippen LogP contribution in [0.15, 0.2) is 11.0 Å². The Balaban J connectivity index is 3.63. The molecule has 0 unspecified atom stereocenters. The zero-order valence-corrected chi connectivity index (χ0v) is 8.50. The molecule has 0 saturated heterocycles. The summed E-state index contributed by atoms with van der Waals surface area (Å²) in [4.78, 5) is 2.29. The summed E-state index contributed by atoms with van der Waals surface area (Å²) in [6.45, 7) is 0. The van der Waals surface area contributed by atoms with Crippen LogP contribution in [-0.2, 0) is 10.0 Å². The molecule has 1 heterocycles. The Bertz CT molecular complexity index is 564. The number of rotatable bonds is 2. The van der Waals surface area contributed by atoms with Gasteiger partial charge in [-0.1, -0.05) is 0 Å². The van der Waals surface area contributed by atoms with Crippen molar-refractivity contribution in [2.24, 2.45) is 5.14 Å². The molecule has 0 aliphatic carbocycles. The number of nitrogen functional groups attached to an aromatic ring is 1. The average molecular weight is 248 g/mol. The molecule has 16 heavy (non-hydrogen) atoms. The van der Waals surface area contributed by atoms with E-state index in [-0.39, 0.29) is 5.69 Å². The van der Waals surface area contributed by atoms with Gasteiger partial charge in [-0.2, -0.15) is 5.26 Å². The lowest BCUT2D eigenvalue weighted by molar-refractivity contribution is 0.142. The number of primary sulfonamides is 1. The zero-order valence-electron chi connectivity index (χ0n) is 7.68. The van der Waals surface area contributed by atoms with Crippen LogP contribution in [0.25, 0.3) is 0 Å². The molecule has 0 radical (unpaired) electrons. The highest BCUT2D eigenvalue weighted by atomic mass is 32.2. The van der Waals surface area contributed by atoms with Gasteiger partial charge in [-0.05, 0) is 6.07 Å². The Hall–Kier alpha value is -1.79. The lowest BCUT2D eigenvalue weighted by atomic mass is 10.2. The predicted molar refractivity (Wildman–Crippen MR) is 49.7 cm³/mol. The second kappa shape index (κ2) is 3.99. The quantitative estimate of drug-likeness (QED) is 0.769. The molecule has 86 valence electrons. The number of nitrogens with two attached hydrogens (primary N) is 2. The first-order chi connectivity index (χ1) is 7.27. The summed E-state index contributed by atoms with van der Waals surface area (Å²) in [6.07, 6.45) is -3.17. The monoisotopic (exact) mass is 248 g/mol. The van der Waals surface area contributed by atoms with Crippen molar-refractivity contribution in [1.82, 2.24) is 4.98 Å². The van der Waals surface area contributed by atoms with Crippen molar-refractivity contribution < 1.29 is 17.2 Å². The number of hydrogen-bond donors (Lipinski definition) is 2. The lowest BCUT2D eigenvalue weighted by Crippen LogP contribution is -2.17. The van der Waals surface area contributed by atoms with Gasteiger partial charge >= 0.3 is 0 Å². The highest BCUT2D eigenvalue weighted by Crippen LogP contribution is 2.26. The van der Waals surface area contributed by atoms with Gasteiger partial charge in [0.25, 0.3) is 6.43 Å². The van der Waals surface area contributed by atoms with E-state index >= 15 is 0 Å². The molecule has 1 aromatic rings. The standard InChI is InChI=1S/C7H6F2N4O2S/c8-7(9)6-5(16(12,14)15)1-3(11)4(2-10)13-6/h1,7H,11H2,(H2,12,14,15). The van der Waals surface area contributed by atoms with E-state index in [1.807, 2.05) is 0 Å². The van der Waals surface area contributed by atoms with Crippen LogP contribution < -0.4 is 10.9 Å². The maximum Gasteiger partial charge on any atom is 0.281 e. The van der Waals surface area contributed by atoms with Crippen molar-refractivity contribution in [3.05, 3.63) is 17.5 Å². The summed E-state index contributed by atoms with van der Waals surface area (Å²) in [5.74, 6) is 0. The summed E-state index contributed by atoms with van der Waals surface area (Å²) < 4.78 is 46.9. The maximum atomic E-state index is 12.5. The van der Waals surface area contributed by atoms with Crippen molar-refractivity contribution in [3.8, 4) is 6.07 Å². The molecule has 9 heteroatoms. The van der Waals surface area contributed by atoms with Crippen LogP contribution in [0, 0.1) is 11.3 Å². The van der Waals surface area contributed by atoms with Gasteiger partial charge in [-0.3, -0.25) is 0 Å². The minimum Gasteiger partial charge on any atom is -0.396 e. The highest BCUT2D eigenvalue weighted by molar-refractivity contribution is 7.89. The number of nitriles is 1.